The van der Waals surface area contributed by atoms with Crippen molar-refractivity contribution in [2.75, 3.05) is 24.1 Å². The molecular formula is C32H40N12O6. The van der Waals surface area contributed by atoms with Crippen molar-refractivity contribution in [3.63, 3.8) is 0 Å². The van der Waals surface area contributed by atoms with Gasteiger partial charge >= 0.3 is 5.69 Å². The number of amides is 2. The Labute approximate surface area is 285 Å². The van der Waals surface area contributed by atoms with Crippen LogP contribution in [0.5, 0.6) is 0 Å². The highest BCUT2D eigenvalue weighted by Gasteiger charge is 2.46. The Morgan fingerprint density at radius 2 is 1.72 bits per heavy atom. The molecule has 0 spiro atoms. The third-order valence-corrected chi connectivity index (χ3v) is 8.93. The number of anilines is 3. The zero-order valence-electron chi connectivity index (χ0n) is 28.4. The van der Waals surface area contributed by atoms with E-state index in [0.717, 1.165) is 0 Å². The molecule has 50 heavy (non-hydrogen) atoms. The summed E-state index contributed by atoms with van der Waals surface area (Å²) in [5, 5.41) is 19.6. The maximum atomic E-state index is 13.0. The van der Waals surface area contributed by atoms with Crippen LogP contribution in [0.1, 0.15) is 50.1 Å². The third-order valence-electron chi connectivity index (χ3n) is 8.93. The van der Waals surface area contributed by atoms with Gasteiger partial charge in [0.25, 0.3) is 11.5 Å². The van der Waals surface area contributed by atoms with E-state index in [9.17, 15) is 24.3 Å². The summed E-state index contributed by atoms with van der Waals surface area (Å²) in [7, 11) is 1.73. The van der Waals surface area contributed by atoms with Gasteiger partial charge in [-0.1, -0.05) is 6.92 Å². The predicted octanol–water partition coefficient (Wildman–Crippen LogP) is 0.405. The number of benzene rings is 1. The second kappa shape index (κ2) is 13.7. The number of likely N-dealkylation sites (N-methyl/N-ethyl adjacent to an activating group) is 1. The first-order valence-electron chi connectivity index (χ1n) is 16.4. The van der Waals surface area contributed by atoms with Crippen molar-refractivity contribution in [1.82, 2.24) is 48.8 Å². The Bertz CT molecular complexity index is 2200. The highest BCUT2D eigenvalue weighted by molar-refractivity contribution is 5.94. The van der Waals surface area contributed by atoms with E-state index >= 15 is 0 Å². The Balaban J connectivity index is 1.13. The standard InChI is InChI=1S/C32H40N12O6/c1-6-34-28(47)23-16(4)22(45)30(50-23)44-15-36-20-24(33)39-31(40-25(20)44)37-18-11-9-17(10-12-18)27(46)35-14-13-19-38-26-21(41(19)5)29(48)43(8-3)32(49)42(26)7-2/h9-12,15-16,22-23,30,45H,6-8,13-14H2,1-5H3,(H,34,47)(H,35,46)(H3,33,37,39,40)/t16-,22+,23+,30+/m0/s1. The first-order chi connectivity index (χ1) is 24.0. The number of aryl methyl sites for hydroxylation is 2. The van der Waals surface area contributed by atoms with Crippen LogP contribution in [0, 0.1) is 5.92 Å². The number of imidazole rings is 2. The predicted molar refractivity (Wildman–Crippen MR) is 184 cm³/mol. The lowest BCUT2D eigenvalue weighted by Crippen LogP contribution is -2.39. The number of aliphatic hydroxyl groups excluding tert-OH is 1. The maximum Gasteiger partial charge on any atom is 0.332 e. The molecule has 0 bridgehead atoms. The van der Waals surface area contributed by atoms with E-state index in [1.165, 1.54) is 20.0 Å². The smallest absolute Gasteiger partial charge is 0.332 e. The van der Waals surface area contributed by atoms with Gasteiger partial charge < -0.3 is 36.1 Å². The first kappa shape index (κ1) is 34.3. The highest BCUT2D eigenvalue weighted by Crippen LogP contribution is 2.36. The minimum atomic E-state index is -1.01. The van der Waals surface area contributed by atoms with Gasteiger partial charge in [0.2, 0.25) is 11.9 Å². The van der Waals surface area contributed by atoms with E-state index in [1.807, 2.05) is 6.92 Å². The normalized spacial score (nSPS) is 18.9. The van der Waals surface area contributed by atoms with E-state index in [1.54, 1.807) is 56.7 Å². The quantitative estimate of drug-likeness (QED) is 0.127. The molecule has 1 aliphatic rings. The van der Waals surface area contributed by atoms with Crippen molar-refractivity contribution in [2.24, 2.45) is 13.0 Å². The molecule has 0 saturated carbocycles. The number of nitrogens with one attached hydrogen (secondary N) is 3. The van der Waals surface area contributed by atoms with E-state index in [4.69, 9.17) is 10.5 Å². The van der Waals surface area contributed by atoms with Gasteiger partial charge in [0, 0.05) is 56.8 Å². The van der Waals surface area contributed by atoms with Crippen LogP contribution in [0.15, 0.2) is 40.2 Å². The lowest BCUT2D eigenvalue weighted by atomic mass is 10.00. The van der Waals surface area contributed by atoms with Crippen molar-refractivity contribution >= 4 is 51.6 Å². The molecule has 2 amide bonds. The first-order valence-corrected chi connectivity index (χ1v) is 16.4. The van der Waals surface area contributed by atoms with E-state index in [-0.39, 0.29) is 36.7 Å². The number of hydrogen-bond acceptors (Lipinski definition) is 12. The van der Waals surface area contributed by atoms with Crippen LogP contribution >= 0.6 is 0 Å². The highest BCUT2D eigenvalue weighted by atomic mass is 16.5. The molecule has 18 nitrogen and oxygen atoms in total. The van der Waals surface area contributed by atoms with Gasteiger partial charge in [-0.2, -0.15) is 9.97 Å². The molecule has 1 aromatic carbocycles. The molecule has 1 aliphatic heterocycles. The van der Waals surface area contributed by atoms with Crippen molar-refractivity contribution in [2.45, 2.75) is 65.6 Å². The monoisotopic (exact) mass is 688 g/mol. The van der Waals surface area contributed by atoms with Crippen LogP contribution in [0.25, 0.3) is 22.3 Å². The van der Waals surface area contributed by atoms with Gasteiger partial charge in [0.15, 0.2) is 28.9 Å². The molecule has 5 heterocycles. The summed E-state index contributed by atoms with van der Waals surface area (Å²) in [5.74, 6) is -0.285. The number of hydrogen-bond donors (Lipinski definition) is 5. The van der Waals surface area contributed by atoms with Crippen molar-refractivity contribution in [1.29, 1.82) is 0 Å². The number of nitrogens with two attached hydrogens (primary N) is 1. The van der Waals surface area contributed by atoms with E-state index in [2.05, 4.69) is 35.9 Å². The molecule has 18 heteroatoms. The van der Waals surface area contributed by atoms with Crippen LogP contribution in [-0.4, -0.2) is 80.4 Å². The Kier molecular flexibility index (Phi) is 9.39. The molecule has 264 valence electrons. The summed E-state index contributed by atoms with van der Waals surface area (Å²) >= 11 is 0. The average Bonchev–Trinajstić information content (AvgIpc) is 3.75. The third kappa shape index (κ3) is 5.96. The molecule has 6 N–H and O–H groups in total. The number of carbonyl (C=O) groups is 2. The number of rotatable bonds is 11. The average molecular weight is 689 g/mol. The fourth-order valence-corrected chi connectivity index (χ4v) is 6.20. The molecule has 6 rings (SSSR count). The summed E-state index contributed by atoms with van der Waals surface area (Å²) in [6.45, 7) is 8.41. The number of carbonyl (C=O) groups excluding carboxylic acids is 2. The second-order valence-electron chi connectivity index (χ2n) is 12.0. The van der Waals surface area contributed by atoms with Gasteiger partial charge in [-0.3, -0.25) is 28.1 Å². The van der Waals surface area contributed by atoms with Crippen LogP contribution in [-0.2, 0) is 36.1 Å². The Morgan fingerprint density at radius 1 is 1.00 bits per heavy atom. The zero-order chi connectivity index (χ0) is 35.9. The summed E-state index contributed by atoms with van der Waals surface area (Å²) in [5.41, 5.74) is 7.68. The molecule has 1 saturated heterocycles. The van der Waals surface area contributed by atoms with Crippen LogP contribution in [0.2, 0.25) is 0 Å². The van der Waals surface area contributed by atoms with Crippen molar-refractivity contribution < 1.29 is 19.4 Å². The molecule has 0 radical (unpaired) electrons. The van der Waals surface area contributed by atoms with E-state index < -0.39 is 35.6 Å². The van der Waals surface area contributed by atoms with Crippen LogP contribution in [0.4, 0.5) is 17.5 Å². The summed E-state index contributed by atoms with van der Waals surface area (Å²) in [6.07, 6.45) is -0.999. The number of aromatic nitrogens is 8. The van der Waals surface area contributed by atoms with E-state index in [0.29, 0.717) is 58.9 Å². The fourth-order valence-electron chi connectivity index (χ4n) is 6.20. The molecule has 4 atom stereocenters. The van der Waals surface area contributed by atoms with Gasteiger partial charge in [-0.05, 0) is 45.0 Å². The van der Waals surface area contributed by atoms with Crippen LogP contribution < -0.4 is 32.9 Å². The minimum absolute atomic E-state index is 0.0997. The molecule has 1 fully saturated rings. The van der Waals surface area contributed by atoms with Gasteiger partial charge in [-0.25, -0.2) is 14.8 Å². The lowest BCUT2D eigenvalue weighted by Gasteiger charge is -2.17. The van der Waals surface area contributed by atoms with Crippen LogP contribution in [0.3, 0.4) is 0 Å². The topological polar surface area (TPSA) is 231 Å². The minimum Gasteiger partial charge on any atom is -0.388 e. The summed E-state index contributed by atoms with van der Waals surface area (Å²) in [6, 6.07) is 6.65. The van der Waals surface area contributed by atoms with Crippen molar-refractivity contribution in [3.8, 4) is 0 Å². The summed E-state index contributed by atoms with van der Waals surface area (Å²) in [4.78, 5) is 68.9. The Hall–Kier alpha value is -5.62. The summed E-state index contributed by atoms with van der Waals surface area (Å²) < 4.78 is 11.8. The number of nitrogens with zero attached hydrogens (tertiary/aromatic N) is 8. The fraction of sp³-hybridized carbons (Fsp3) is 0.438. The lowest BCUT2D eigenvalue weighted by molar-refractivity contribution is -0.135. The largest absolute Gasteiger partial charge is 0.388 e. The van der Waals surface area contributed by atoms with Gasteiger partial charge in [0.1, 0.15) is 23.5 Å². The number of fused-ring (bicyclic) bond motifs is 2. The molecule has 0 aliphatic carbocycles. The SMILES string of the molecule is CCNC(=O)[C@@H]1O[C@@H](n2cnc3c(N)nc(Nc4ccc(C(=O)NCCc5nc6c(c(=O)n(CC)c(=O)n6CC)n5C)cc4)nc32)[C@H](O)[C@@H]1C. The van der Waals surface area contributed by atoms with Gasteiger partial charge in [0.05, 0.1) is 6.33 Å². The second-order valence-corrected chi connectivity index (χ2v) is 12.0. The van der Waals surface area contributed by atoms with Gasteiger partial charge in [-0.15, -0.1) is 0 Å². The number of nitrogen functional groups attached to an aromatic ring is 1. The zero-order valence-corrected chi connectivity index (χ0v) is 28.4. The molecular weight excluding hydrogens is 648 g/mol. The molecule has 5 aromatic rings. The number of aliphatic hydroxyl groups is 1. The Morgan fingerprint density at radius 3 is 2.40 bits per heavy atom. The maximum absolute atomic E-state index is 13.0. The number of ether oxygens (including phenoxy) is 1. The molecule has 4 aromatic heterocycles. The van der Waals surface area contributed by atoms with Crippen molar-refractivity contribution in [3.05, 3.63) is 62.8 Å². The molecule has 0 unspecified atom stereocenters.